The number of benzene rings is 1. The maximum Gasteiger partial charge on any atom is 0.439 e. The Hall–Kier alpha value is -4.32. The van der Waals surface area contributed by atoms with Crippen molar-refractivity contribution in [3.63, 3.8) is 0 Å². The molecule has 0 saturated heterocycles. The molecule has 0 radical (unpaired) electrons. The van der Waals surface area contributed by atoms with E-state index >= 15 is 0 Å². The standard InChI is InChI=1S/C22H14Cl2F7N9O2/c1-9-5-10(23)6-12(16(32)41)15(9)34-18(42)14-7-11(36-40(14)17-13(24)3-2-4-33-17)8-39-37-19(35-38-39)20(25,21(26,27)28)22(29,30)31/h2-7H,8H2,1H3,(H2,32,41)(H,34,42). The monoisotopic (exact) mass is 639 g/mol. The molecule has 3 N–H and O–H groups in total. The minimum atomic E-state index is -6.45. The highest BCUT2D eigenvalue weighted by Gasteiger charge is 2.76. The Morgan fingerprint density at radius 2 is 1.69 bits per heavy atom. The van der Waals surface area contributed by atoms with E-state index in [2.05, 4.69) is 30.8 Å². The predicted octanol–water partition coefficient (Wildman–Crippen LogP) is 4.56. The molecule has 0 aliphatic heterocycles. The third-order valence-electron chi connectivity index (χ3n) is 5.58. The first-order chi connectivity index (χ1) is 19.4. The van der Waals surface area contributed by atoms with Gasteiger partial charge in [-0.3, -0.25) is 9.59 Å². The molecule has 0 saturated carbocycles. The molecule has 0 fully saturated rings. The highest BCUT2D eigenvalue weighted by molar-refractivity contribution is 6.32. The summed E-state index contributed by atoms with van der Waals surface area (Å²) in [5.74, 6) is -4.26. The zero-order valence-corrected chi connectivity index (χ0v) is 22.1. The van der Waals surface area contributed by atoms with E-state index in [9.17, 15) is 40.3 Å². The van der Waals surface area contributed by atoms with Crippen molar-refractivity contribution in [3.8, 4) is 5.82 Å². The molecule has 0 spiro atoms. The van der Waals surface area contributed by atoms with Crippen molar-refractivity contribution in [3.05, 3.63) is 74.9 Å². The van der Waals surface area contributed by atoms with Crippen LogP contribution in [0.5, 0.6) is 0 Å². The fourth-order valence-corrected chi connectivity index (χ4v) is 4.13. The number of hydrogen-bond acceptors (Lipinski definition) is 7. The Morgan fingerprint density at radius 3 is 2.29 bits per heavy atom. The van der Waals surface area contributed by atoms with E-state index in [0.29, 0.717) is 5.56 Å². The van der Waals surface area contributed by atoms with Gasteiger partial charge in [0.15, 0.2) is 5.82 Å². The summed E-state index contributed by atoms with van der Waals surface area (Å²) in [5.41, 5.74) is -0.859. The van der Waals surface area contributed by atoms with E-state index in [4.69, 9.17) is 28.9 Å². The Kier molecular flexibility index (Phi) is 7.90. The fraction of sp³-hybridized carbons (Fsp3) is 0.227. The molecule has 11 nitrogen and oxygen atoms in total. The first kappa shape index (κ1) is 30.6. The number of aromatic nitrogens is 7. The zero-order chi connectivity index (χ0) is 31.2. The lowest BCUT2D eigenvalue weighted by atomic mass is 10.1. The molecule has 1 aromatic carbocycles. The molecular weight excluding hydrogens is 626 g/mol. The van der Waals surface area contributed by atoms with Crippen LogP contribution in [0.4, 0.5) is 36.4 Å². The molecule has 3 aromatic heterocycles. The van der Waals surface area contributed by atoms with E-state index < -0.39 is 42.2 Å². The van der Waals surface area contributed by atoms with Gasteiger partial charge in [-0.25, -0.2) is 14.1 Å². The first-order valence-electron chi connectivity index (χ1n) is 11.2. The quantitative estimate of drug-likeness (QED) is 0.282. The second kappa shape index (κ2) is 10.8. The molecule has 20 heteroatoms. The van der Waals surface area contributed by atoms with Crippen molar-refractivity contribution in [2.75, 3.05) is 5.32 Å². The summed E-state index contributed by atoms with van der Waals surface area (Å²) in [5, 5.41) is 15.3. The average Bonchev–Trinajstić information content (AvgIpc) is 3.51. The van der Waals surface area contributed by atoms with Crippen LogP contribution in [0, 0.1) is 6.92 Å². The van der Waals surface area contributed by atoms with Gasteiger partial charge in [-0.2, -0.15) is 36.2 Å². The molecular formula is C22H14Cl2F7N9O2. The number of alkyl halides is 7. The van der Waals surface area contributed by atoms with Crippen molar-refractivity contribution < 1.29 is 40.3 Å². The van der Waals surface area contributed by atoms with Crippen LogP contribution in [0.25, 0.3) is 5.82 Å². The Balaban J connectivity index is 1.76. The number of amides is 2. The Morgan fingerprint density at radius 1 is 1.02 bits per heavy atom. The number of pyridine rings is 1. The van der Waals surface area contributed by atoms with Crippen LogP contribution in [0.15, 0.2) is 36.5 Å². The highest BCUT2D eigenvalue weighted by atomic mass is 35.5. The summed E-state index contributed by atoms with van der Waals surface area (Å²) in [6.45, 7) is 0.746. The van der Waals surface area contributed by atoms with Crippen LogP contribution >= 0.6 is 23.2 Å². The lowest BCUT2D eigenvalue weighted by molar-refractivity contribution is -0.351. The summed E-state index contributed by atoms with van der Waals surface area (Å²) in [7, 11) is 0. The zero-order valence-electron chi connectivity index (χ0n) is 20.6. The number of nitrogens with zero attached hydrogens (tertiary/aromatic N) is 7. The van der Waals surface area contributed by atoms with E-state index in [1.54, 1.807) is 0 Å². The van der Waals surface area contributed by atoms with Crippen LogP contribution in [0.3, 0.4) is 0 Å². The number of tetrazole rings is 1. The molecule has 0 unspecified atom stereocenters. The van der Waals surface area contributed by atoms with E-state index in [1.165, 1.54) is 37.4 Å². The second-order valence-corrected chi connectivity index (χ2v) is 9.35. The van der Waals surface area contributed by atoms with Gasteiger partial charge in [0, 0.05) is 11.2 Å². The maximum atomic E-state index is 14.3. The number of rotatable bonds is 7. The minimum absolute atomic E-state index is 0.0135. The number of carbonyl (C=O) groups excluding carboxylic acids is 2. The molecule has 0 aliphatic rings. The predicted molar refractivity (Wildman–Crippen MR) is 131 cm³/mol. The third-order valence-corrected chi connectivity index (χ3v) is 6.10. The number of hydrogen-bond donors (Lipinski definition) is 2. The molecule has 2 amide bonds. The first-order valence-corrected chi connectivity index (χ1v) is 11.9. The molecule has 0 bridgehead atoms. The number of primary amides is 1. The van der Waals surface area contributed by atoms with Gasteiger partial charge in [0.25, 0.3) is 11.8 Å². The Bertz CT molecular complexity index is 1670. The lowest BCUT2D eigenvalue weighted by Gasteiger charge is -2.26. The number of aryl methyl sites for hydroxylation is 1. The summed E-state index contributed by atoms with van der Waals surface area (Å²) >= 11 is 12.2. The van der Waals surface area contributed by atoms with Crippen LogP contribution in [-0.2, 0) is 12.2 Å². The van der Waals surface area contributed by atoms with Crippen LogP contribution in [0.1, 0.15) is 37.9 Å². The smallest absolute Gasteiger partial charge is 0.366 e. The van der Waals surface area contributed by atoms with Crippen molar-refractivity contribution in [2.24, 2.45) is 5.73 Å². The Labute approximate surface area is 239 Å². The summed E-state index contributed by atoms with van der Waals surface area (Å²) in [6.07, 6.45) is -11.6. The van der Waals surface area contributed by atoms with Gasteiger partial charge in [-0.15, -0.1) is 10.2 Å². The normalized spacial score (nSPS) is 12.4. The summed E-state index contributed by atoms with van der Waals surface area (Å²) in [4.78, 5) is 29.6. The number of nitrogens with one attached hydrogen (secondary N) is 1. The molecule has 0 atom stereocenters. The fourth-order valence-electron chi connectivity index (χ4n) is 3.65. The largest absolute Gasteiger partial charge is 0.439 e. The van der Waals surface area contributed by atoms with Crippen molar-refractivity contribution in [1.29, 1.82) is 0 Å². The van der Waals surface area contributed by atoms with E-state index in [-0.39, 0.29) is 43.3 Å². The average molecular weight is 640 g/mol. The molecule has 0 aliphatic carbocycles. The van der Waals surface area contributed by atoms with E-state index in [1.807, 2.05) is 0 Å². The molecule has 4 aromatic rings. The lowest BCUT2D eigenvalue weighted by Crippen LogP contribution is -2.51. The van der Waals surface area contributed by atoms with Crippen molar-refractivity contribution in [2.45, 2.75) is 31.5 Å². The van der Waals surface area contributed by atoms with Gasteiger partial charge in [-0.1, -0.05) is 23.2 Å². The van der Waals surface area contributed by atoms with Crippen molar-refractivity contribution >= 4 is 40.7 Å². The van der Waals surface area contributed by atoms with Gasteiger partial charge in [0.1, 0.15) is 12.2 Å². The topological polar surface area (TPSA) is 146 Å². The molecule has 222 valence electrons. The second-order valence-electron chi connectivity index (χ2n) is 8.50. The SMILES string of the molecule is Cc1cc(Cl)cc(C(N)=O)c1NC(=O)c1cc(Cn2nnc(C(F)(C(F)(F)F)C(F)(F)F)n2)nn1-c1ncccc1Cl. The van der Waals surface area contributed by atoms with Gasteiger partial charge in [0.2, 0.25) is 5.82 Å². The number of nitrogens with two attached hydrogens (primary N) is 1. The van der Waals surface area contributed by atoms with Crippen LogP contribution in [0.2, 0.25) is 10.0 Å². The summed E-state index contributed by atoms with van der Waals surface area (Å²) < 4.78 is 93.7. The van der Waals surface area contributed by atoms with Gasteiger partial charge < -0.3 is 11.1 Å². The third kappa shape index (κ3) is 5.58. The molecule has 3 heterocycles. The van der Waals surface area contributed by atoms with Crippen LogP contribution in [-0.4, -0.2) is 59.1 Å². The maximum absolute atomic E-state index is 14.3. The molecule has 4 rings (SSSR count). The number of carbonyl (C=O) groups is 2. The van der Waals surface area contributed by atoms with Crippen molar-refractivity contribution in [1.82, 2.24) is 35.0 Å². The number of halogens is 9. The molecule has 42 heavy (non-hydrogen) atoms. The van der Waals surface area contributed by atoms with Gasteiger partial charge in [0.05, 0.1) is 22.0 Å². The summed E-state index contributed by atoms with van der Waals surface area (Å²) in [6, 6.07) is 6.54. The minimum Gasteiger partial charge on any atom is -0.366 e. The van der Waals surface area contributed by atoms with Gasteiger partial charge in [-0.05, 0) is 48.0 Å². The van der Waals surface area contributed by atoms with Gasteiger partial charge >= 0.3 is 18.0 Å². The highest BCUT2D eigenvalue weighted by Crippen LogP contribution is 2.51. The van der Waals surface area contributed by atoms with E-state index in [0.717, 1.165) is 10.7 Å². The number of anilines is 1. The van der Waals surface area contributed by atoms with Crippen LogP contribution < -0.4 is 11.1 Å².